The summed E-state index contributed by atoms with van der Waals surface area (Å²) in [5.41, 5.74) is 1.02. The van der Waals surface area contributed by atoms with Gasteiger partial charge in [0.15, 0.2) is 0 Å². The first-order chi connectivity index (χ1) is 13.2. The van der Waals surface area contributed by atoms with E-state index in [-0.39, 0.29) is 17.7 Å². The zero-order valence-electron chi connectivity index (χ0n) is 15.2. The average molecular weight is 385 g/mol. The van der Waals surface area contributed by atoms with E-state index < -0.39 is 0 Å². The molecule has 6 nitrogen and oxygen atoms in total. The molecule has 0 saturated carbocycles. The van der Waals surface area contributed by atoms with E-state index in [4.69, 9.17) is 9.72 Å². The molecule has 0 N–H and O–H groups in total. The number of benzene rings is 1. The monoisotopic (exact) mass is 385 g/mol. The van der Waals surface area contributed by atoms with E-state index in [2.05, 4.69) is 6.07 Å². The molecule has 1 aromatic carbocycles. The van der Waals surface area contributed by atoms with Crippen LogP contribution in [0.1, 0.15) is 23.8 Å². The number of hydrogen-bond donors (Lipinski definition) is 0. The van der Waals surface area contributed by atoms with Crippen LogP contribution in [0.15, 0.2) is 36.4 Å². The highest BCUT2D eigenvalue weighted by molar-refractivity contribution is 7.18. The summed E-state index contributed by atoms with van der Waals surface area (Å²) < 4.78 is 6.44. The summed E-state index contributed by atoms with van der Waals surface area (Å²) in [5, 5.41) is 1.10. The maximum atomic E-state index is 12.6. The molecule has 1 unspecified atom stereocenters. The molecule has 2 aliphatic rings. The van der Waals surface area contributed by atoms with Gasteiger partial charge in [-0.1, -0.05) is 12.1 Å². The summed E-state index contributed by atoms with van der Waals surface area (Å²) in [6.07, 6.45) is 4.81. The molecule has 4 rings (SSSR count). The van der Waals surface area contributed by atoms with Crippen LogP contribution in [0.4, 0.5) is 0 Å². The van der Waals surface area contributed by atoms with Crippen molar-refractivity contribution in [2.24, 2.45) is 0 Å². The molecule has 0 spiro atoms. The number of nitrogens with zero attached hydrogens (tertiary/aromatic N) is 3. The Kier molecular flexibility index (Phi) is 5.50. The molecule has 0 aliphatic carbocycles. The summed E-state index contributed by atoms with van der Waals surface area (Å²) in [5.74, 6) is 0.0530. The zero-order chi connectivity index (χ0) is 18.6. The third kappa shape index (κ3) is 4.20. The Morgan fingerprint density at radius 2 is 1.81 bits per heavy atom. The van der Waals surface area contributed by atoms with E-state index >= 15 is 0 Å². The highest BCUT2D eigenvalue weighted by Crippen LogP contribution is 2.32. The number of carbonyl (C=O) groups excluding carboxylic acids is 2. The number of hydrogen-bond acceptors (Lipinski definition) is 5. The van der Waals surface area contributed by atoms with E-state index in [9.17, 15) is 9.59 Å². The predicted molar refractivity (Wildman–Crippen MR) is 105 cm³/mol. The summed E-state index contributed by atoms with van der Waals surface area (Å²) >= 11 is 1.71. The second-order valence-electron chi connectivity index (χ2n) is 6.91. The third-order valence-corrected chi connectivity index (χ3v) is 6.28. The molecule has 0 radical (unpaired) electrons. The number of likely N-dealkylation sites (tertiary alicyclic amines) is 1. The lowest BCUT2D eigenvalue weighted by Crippen LogP contribution is -2.40. The number of amides is 2. The Bertz CT molecular complexity index is 824. The fourth-order valence-corrected chi connectivity index (χ4v) is 4.67. The van der Waals surface area contributed by atoms with Gasteiger partial charge >= 0.3 is 0 Å². The molecule has 1 atom stereocenters. The summed E-state index contributed by atoms with van der Waals surface area (Å²) in [6.45, 7) is 3.68. The van der Waals surface area contributed by atoms with Crippen LogP contribution in [0.5, 0.6) is 0 Å². The van der Waals surface area contributed by atoms with Crippen LogP contribution in [0, 0.1) is 0 Å². The Hall–Kier alpha value is -2.25. The number of fused-ring (bicyclic) bond motifs is 1. The standard InChI is InChI=1S/C20H23N3O3S/c24-18(22-10-12-26-13-11-22)7-8-19(25)23-9-3-4-15(14-23)20-21-16-5-1-2-6-17(16)27-20/h1-2,5-8,15H,3-4,9-14H2/b8-7+. The number of thiazole rings is 1. The van der Waals surface area contributed by atoms with Gasteiger partial charge in [-0.05, 0) is 25.0 Å². The van der Waals surface area contributed by atoms with Crippen LogP contribution in [-0.4, -0.2) is 66.0 Å². The second-order valence-corrected chi connectivity index (χ2v) is 7.98. The number of aromatic nitrogens is 1. The van der Waals surface area contributed by atoms with Gasteiger partial charge in [0.1, 0.15) is 0 Å². The lowest BCUT2D eigenvalue weighted by atomic mass is 9.98. The molecular formula is C20H23N3O3S. The van der Waals surface area contributed by atoms with Crippen molar-refractivity contribution in [1.82, 2.24) is 14.8 Å². The smallest absolute Gasteiger partial charge is 0.246 e. The van der Waals surface area contributed by atoms with Crippen molar-refractivity contribution < 1.29 is 14.3 Å². The molecule has 2 aliphatic heterocycles. The van der Waals surface area contributed by atoms with Crippen LogP contribution in [-0.2, 0) is 14.3 Å². The Morgan fingerprint density at radius 1 is 1.07 bits per heavy atom. The fraction of sp³-hybridized carbons (Fsp3) is 0.450. The van der Waals surface area contributed by atoms with Gasteiger partial charge in [0.25, 0.3) is 0 Å². The van der Waals surface area contributed by atoms with Crippen molar-refractivity contribution in [3.8, 4) is 0 Å². The van der Waals surface area contributed by atoms with E-state index in [0.717, 1.165) is 29.9 Å². The Morgan fingerprint density at radius 3 is 2.59 bits per heavy atom. The summed E-state index contributed by atoms with van der Waals surface area (Å²) in [4.78, 5) is 33.0. The normalized spacial score (nSPS) is 21.1. The summed E-state index contributed by atoms with van der Waals surface area (Å²) in [6, 6.07) is 8.14. The lowest BCUT2D eigenvalue weighted by Gasteiger charge is -2.31. The maximum Gasteiger partial charge on any atom is 0.246 e. The van der Waals surface area contributed by atoms with Crippen molar-refractivity contribution in [3.63, 3.8) is 0 Å². The molecule has 2 amide bonds. The minimum atomic E-state index is -0.119. The molecular weight excluding hydrogens is 362 g/mol. The van der Waals surface area contributed by atoms with Crippen molar-refractivity contribution in [3.05, 3.63) is 41.4 Å². The van der Waals surface area contributed by atoms with Gasteiger partial charge in [-0.15, -0.1) is 11.3 Å². The lowest BCUT2D eigenvalue weighted by molar-refractivity contribution is -0.131. The number of para-hydroxylation sites is 1. The van der Waals surface area contributed by atoms with Gasteiger partial charge in [-0.3, -0.25) is 9.59 Å². The van der Waals surface area contributed by atoms with Crippen molar-refractivity contribution in [2.75, 3.05) is 39.4 Å². The van der Waals surface area contributed by atoms with Gasteiger partial charge in [0, 0.05) is 44.2 Å². The van der Waals surface area contributed by atoms with E-state index in [1.54, 1.807) is 16.2 Å². The van der Waals surface area contributed by atoms with Gasteiger partial charge in [0.2, 0.25) is 11.8 Å². The van der Waals surface area contributed by atoms with Crippen LogP contribution in [0.2, 0.25) is 0 Å². The quantitative estimate of drug-likeness (QED) is 0.762. The first kappa shape index (κ1) is 18.1. The van der Waals surface area contributed by atoms with Crippen LogP contribution < -0.4 is 0 Å². The Labute approximate surface area is 162 Å². The van der Waals surface area contributed by atoms with Crippen LogP contribution >= 0.6 is 11.3 Å². The zero-order valence-corrected chi connectivity index (χ0v) is 16.0. The number of rotatable bonds is 3. The molecule has 2 aromatic rings. The first-order valence-corrected chi connectivity index (χ1v) is 10.2. The number of piperidine rings is 1. The maximum absolute atomic E-state index is 12.6. The molecule has 1 aromatic heterocycles. The predicted octanol–water partition coefficient (Wildman–Crippen LogP) is 2.42. The Balaban J connectivity index is 1.39. The van der Waals surface area contributed by atoms with Gasteiger partial charge in [-0.25, -0.2) is 4.98 Å². The number of carbonyl (C=O) groups is 2. The van der Waals surface area contributed by atoms with Crippen LogP contribution in [0.3, 0.4) is 0 Å². The van der Waals surface area contributed by atoms with Crippen molar-refractivity contribution in [1.29, 1.82) is 0 Å². The van der Waals surface area contributed by atoms with Gasteiger partial charge < -0.3 is 14.5 Å². The molecule has 2 saturated heterocycles. The molecule has 27 heavy (non-hydrogen) atoms. The highest BCUT2D eigenvalue weighted by atomic mass is 32.1. The minimum Gasteiger partial charge on any atom is -0.378 e. The van der Waals surface area contributed by atoms with Crippen molar-refractivity contribution in [2.45, 2.75) is 18.8 Å². The van der Waals surface area contributed by atoms with Gasteiger partial charge in [-0.2, -0.15) is 0 Å². The highest BCUT2D eigenvalue weighted by Gasteiger charge is 2.26. The molecule has 0 bridgehead atoms. The summed E-state index contributed by atoms with van der Waals surface area (Å²) in [7, 11) is 0. The minimum absolute atomic E-state index is 0.0950. The number of ether oxygens (including phenoxy) is 1. The van der Waals surface area contributed by atoms with E-state index in [1.807, 2.05) is 23.1 Å². The average Bonchev–Trinajstić information content (AvgIpc) is 3.17. The van der Waals surface area contributed by atoms with E-state index in [1.165, 1.54) is 16.9 Å². The molecule has 2 fully saturated rings. The largest absolute Gasteiger partial charge is 0.378 e. The first-order valence-electron chi connectivity index (χ1n) is 9.40. The molecule has 142 valence electrons. The van der Waals surface area contributed by atoms with Crippen LogP contribution in [0.25, 0.3) is 10.2 Å². The van der Waals surface area contributed by atoms with Gasteiger partial charge in [0.05, 0.1) is 28.4 Å². The molecule has 3 heterocycles. The topological polar surface area (TPSA) is 62.7 Å². The molecule has 7 heteroatoms. The van der Waals surface area contributed by atoms with Crippen molar-refractivity contribution >= 4 is 33.4 Å². The fourth-order valence-electron chi connectivity index (χ4n) is 3.58. The second kappa shape index (κ2) is 8.19. The number of morpholine rings is 1. The SMILES string of the molecule is O=C(/C=C/C(=O)N1CCCC(c2nc3ccccc3s2)C1)N1CCOCC1. The third-order valence-electron chi connectivity index (χ3n) is 5.08. The van der Waals surface area contributed by atoms with E-state index in [0.29, 0.717) is 32.8 Å².